The Balaban J connectivity index is 0.000000810. The molecule has 0 aliphatic heterocycles. The molecule has 0 spiro atoms. The van der Waals surface area contributed by atoms with Crippen molar-refractivity contribution < 1.29 is 0 Å². The third-order valence-electron chi connectivity index (χ3n) is 0.905. The number of hydrazine groups is 1. The van der Waals surface area contributed by atoms with Gasteiger partial charge in [0.05, 0.1) is 4.34 Å². The van der Waals surface area contributed by atoms with Crippen LogP contribution in [0.2, 0.25) is 4.34 Å². The molecule has 0 bridgehead atoms. The van der Waals surface area contributed by atoms with Gasteiger partial charge in [-0.25, -0.2) is 0 Å². The highest BCUT2D eigenvalue weighted by Gasteiger charge is 1.93. The van der Waals surface area contributed by atoms with E-state index in [1.807, 2.05) is 12.1 Å². The number of hydrogen-bond acceptors (Lipinski definition) is 3. The Hall–Kier alpha value is 0.200. The molecule has 3 N–H and O–H groups in total. The van der Waals surface area contributed by atoms with Crippen molar-refractivity contribution in [1.82, 2.24) is 5.43 Å². The van der Waals surface area contributed by atoms with Crippen molar-refractivity contribution in [3.8, 4) is 0 Å². The lowest BCUT2D eigenvalue weighted by atomic mass is 10.5. The monoisotopic (exact) mass is 198 g/mol. The molecule has 0 saturated heterocycles. The van der Waals surface area contributed by atoms with Gasteiger partial charge in [0.1, 0.15) is 0 Å². The van der Waals surface area contributed by atoms with Crippen LogP contribution in [0.4, 0.5) is 0 Å². The molecule has 5 heteroatoms. The highest BCUT2D eigenvalue weighted by molar-refractivity contribution is 7.16. The van der Waals surface area contributed by atoms with E-state index in [0.29, 0.717) is 6.54 Å². The van der Waals surface area contributed by atoms with Crippen molar-refractivity contribution in [2.45, 2.75) is 6.54 Å². The second-order valence-electron chi connectivity index (χ2n) is 1.59. The smallest absolute Gasteiger partial charge is 0.0931 e. The fraction of sp³-hybridized carbons (Fsp3) is 0.200. The van der Waals surface area contributed by atoms with Gasteiger partial charge < -0.3 is 0 Å². The Labute approximate surface area is 74.8 Å². The molecule has 1 heterocycles. The zero-order valence-corrected chi connectivity index (χ0v) is 7.52. The summed E-state index contributed by atoms with van der Waals surface area (Å²) >= 11 is 7.18. The fourth-order valence-corrected chi connectivity index (χ4v) is 1.59. The molecule has 0 radical (unpaired) electrons. The van der Waals surface area contributed by atoms with Crippen LogP contribution in [0.1, 0.15) is 4.88 Å². The van der Waals surface area contributed by atoms with Crippen molar-refractivity contribution in [3.05, 3.63) is 21.3 Å². The van der Waals surface area contributed by atoms with E-state index in [-0.39, 0.29) is 12.4 Å². The van der Waals surface area contributed by atoms with Crippen LogP contribution in [0.25, 0.3) is 0 Å². The van der Waals surface area contributed by atoms with Gasteiger partial charge in [-0.1, -0.05) is 11.6 Å². The first-order valence-corrected chi connectivity index (χ1v) is 3.70. The van der Waals surface area contributed by atoms with Crippen LogP contribution < -0.4 is 11.3 Å². The predicted molar refractivity (Wildman–Crippen MR) is 47.6 cm³/mol. The number of rotatable bonds is 2. The number of hydrogen-bond donors (Lipinski definition) is 2. The summed E-state index contributed by atoms with van der Waals surface area (Å²) in [6.07, 6.45) is 0. The van der Waals surface area contributed by atoms with Crippen molar-refractivity contribution in [1.29, 1.82) is 0 Å². The van der Waals surface area contributed by atoms with Gasteiger partial charge in [0, 0.05) is 11.4 Å². The molecule has 1 rings (SSSR count). The average molecular weight is 199 g/mol. The highest BCUT2D eigenvalue weighted by Crippen LogP contribution is 2.20. The Morgan fingerprint density at radius 2 is 2.30 bits per heavy atom. The van der Waals surface area contributed by atoms with Crippen LogP contribution in [-0.2, 0) is 6.54 Å². The van der Waals surface area contributed by atoms with Gasteiger partial charge in [0.25, 0.3) is 0 Å². The second-order valence-corrected chi connectivity index (χ2v) is 3.39. The van der Waals surface area contributed by atoms with Gasteiger partial charge >= 0.3 is 0 Å². The highest BCUT2D eigenvalue weighted by atomic mass is 35.5. The molecule has 58 valence electrons. The topological polar surface area (TPSA) is 38.0 Å². The maximum absolute atomic E-state index is 5.65. The van der Waals surface area contributed by atoms with Crippen molar-refractivity contribution in [2.24, 2.45) is 5.84 Å². The quantitative estimate of drug-likeness (QED) is 0.562. The summed E-state index contributed by atoms with van der Waals surface area (Å²) in [5.41, 5.74) is 2.55. The van der Waals surface area contributed by atoms with Gasteiger partial charge in [-0.2, -0.15) is 0 Å². The summed E-state index contributed by atoms with van der Waals surface area (Å²) in [7, 11) is 0. The summed E-state index contributed by atoms with van der Waals surface area (Å²) in [5, 5.41) is 0. The molecular weight excluding hydrogens is 191 g/mol. The number of nitrogens with one attached hydrogen (secondary N) is 1. The molecule has 0 atom stereocenters. The number of thiophene rings is 1. The fourth-order valence-electron chi connectivity index (χ4n) is 0.547. The Morgan fingerprint density at radius 3 is 2.70 bits per heavy atom. The van der Waals surface area contributed by atoms with Gasteiger partial charge in [0.2, 0.25) is 0 Å². The average Bonchev–Trinajstić information content (AvgIpc) is 2.17. The van der Waals surface area contributed by atoms with Crippen molar-refractivity contribution >= 4 is 35.3 Å². The van der Waals surface area contributed by atoms with E-state index in [1.165, 1.54) is 11.3 Å². The number of nitrogens with two attached hydrogens (primary N) is 1. The standard InChI is InChI=1S/C5H7ClN2S.ClH/c6-5-2-1-4(9-5)3-8-7;/h1-2,8H,3,7H2;1H. The van der Waals surface area contributed by atoms with E-state index in [0.717, 1.165) is 9.21 Å². The van der Waals surface area contributed by atoms with Crippen molar-refractivity contribution in [3.63, 3.8) is 0 Å². The third-order valence-corrected chi connectivity index (χ3v) is 2.14. The minimum atomic E-state index is 0. The third kappa shape index (κ3) is 2.86. The van der Waals surface area contributed by atoms with Crippen LogP contribution >= 0.6 is 35.3 Å². The summed E-state index contributed by atoms with van der Waals surface area (Å²) in [5.74, 6) is 5.08. The van der Waals surface area contributed by atoms with Gasteiger partial charge in [0.15, 0.2) is 0 Å². The van der Waals surface area contributed by atoms with Gasteiger partial charge in [-0.3, -0.25) is 11.3 Å². The first-order valence-electron chi connectivity index (χ1n) is 2.50. The normalized spacial score (nSPS) is 9.00. The maximum atomic E-state index is 5.65. The first kappa shape index (κ1) is 10.2. The lowest BCUT2D eigenvalue weighted by Gasteiger charge is -1.89. The van der Waals surface area contributed by atoms with Gasteiger partial charge in [-0.05, 0) is 12.1 Å². The molecule has 2 nitrogen and oxygen atoms in total. The van der Waals surface area contributed by atoms with E-state index in [1.54, 1.807) is 0 Å². The molecular formula is C5H8Cl2N2S. The van der Waals surface area contributed by atoms with Crippen LogP contribution in [0.15, 0.2) is 12.1 Å². The van der Waals surface area contributed by atoms with Crippen LogP contribution in [0.3, 0.4) is 0 Å². The summed E-state index contributed by atoms with van der Waals surface area (Å²) < 4.78 is 0.806. The van der Waals surface area contributed by atoms with E-state index in [4.69, 9.17) is 17.4 Å². The molecule has 0 aromatic carbocycles. The molecule has 0 aliphatic rings. The molecule has 0 amide bonds. The zero-order chi connectivity index (χ0) is 6.69. The lowest BCUT2D eigenvalue weighted by Crippen LogP contribution is -2.19. The first-order chi connectivity index (χ1) is 4.33. The molecule has 1 aromatic rings. The SMILES string of the molecule is Cl.NNCc1ccc(Cl)s1. The van der Waals surface area contributed by atoms with Crippen molar-refractivity contribution in [2.75, 3.05) is 0 Å². The number of halogens is 2. The second kappa shape index (κ2) is 4.93. The van der Waals surface area contributed by atoms with Crippen LogP contribution in [-0.4, -0.2) is 0 Å². The van der Waals surface area contributed by atoms with E-state index in [9.17, 15) is 0 Å². The van der Waals surface area contributed by atoms with E-state index >= 15 is 0 Å². The van der Waals surface area contributed by atoms with E-state index in [2.05, 4.69) is 5.43 Å². The molecule has 0 aliphatic carbocycles. The zero-order valence-electron chi connectivity index (χ0n) is 5.13. The largest absolute Gasteiger partial charge is 0.271 e. The Morgan fingerprint density at radius 1 is 1.60 bits per heavy atom. The molecule has 0 unspecified atom stereocenters. The van der Waals surface area contributed by atoms with Crippen LogP contribution in [0.5, 0.6) is 0 Å². The minimum absolute atomic E-state index is 0. The summed E-state index contributed by atoms with van der Waals surface area (Å²) in [6, 6.07) is 3.81. The summed E-state index contributed by atoms with van der Waals surface area (Å²) in [4.78, 5) is 1.16. The minimum Gasteiger partial charge on any atom is -0.271 e. The Kier molecular flexibility index (Phi) is 5.03. The summed E-state index contributed by atoms with van der Waals surface area (Å²) in [6.45, 7) is 0.692. The van der Waals surface area contributed by atoms with Gasteiger partial charge in [-0.15, -0.1) is 23.7 Å². The molecule has 0 fully saturated rings. The predicted octanol–water partition coefficient (Wildman–Crippen LogP) is 1.79. The lowest BCUT2D eigenvalue weighted by molar-refractivity contribution is 0.751. The molecule has 10 heavy (non-hydrogen) atoms. The molecule has 0 saturated carbocycles. The molecule has 1 aromatic heterocycles. The Bertz CT molecular complexity index is 190. The van der Waals surface area contributed by atoms with Crippen LogP contribution in [0, 0.1) is 0 Å². The van der Waals surface area contributed by atoms with E-state index < -0.39 is 0 Å². The maximum Gasteiger partial charge on any atom is 0.0931 e.